The van der Waals surface area contributed by atoms with Crippen molar-refractivity contribution in [3.8, 4) is 5.75 Å². The summed E-state index contributed by atoms with van der Waals surface area (Å²) in [6.45, 7) is 0. The van der Waals surface area contributed by atoms with Crippen LogP contribution in [0, 0.1) is 0 Å². The highest BCUT2D eigenvalue weighted by Gasteiger charge is 2.19. The first-order chi connectivity index (χ1) is 11.3. The molecule has 0 saturated heterocycles. The first-order valence-electron chi connectivity index (χ1n) is 8.01. The lowest BCUT2D eigenvalue weighted by atomic mass is 10.1. The number of ether oxygens (including phenoxy) is 1. The number of anilines is 2. The number of aromatic nitrogens is 2. The zero-order valence-electron chi connectivity index (χ0n) is 13.1. The highest BCUT2D eigenvalue weighted by atomic mass is 32.1. The fourth-order valence-electron chi connectivity index (χ4n) is 3.17. The number of hydrogen-bond acceptors (Lipinski definition) is 5. The van der Waals surface area contributed by atoms with Crippen LogP contribution in [-0.4, -0.2) is 17.1 Å². The van der Waals surface area contributed by atoms with Gasteiger partial charge < -0.3 is 10.1 Å². The zero-order valence-corrected chi connectivity index (χ0v) is 13.9. The molecule has 4 rings (SSSR count). The molecule has 1 aliphatic rings. The normalized spacial score (nSPS) is 14.3. The van der Waals surface area contributed by atoms with Crippen LogP contribution in [0.2, 0.25) is 0 Å². The molecule has 5 heteroatoms. The highest BCUT2D eigenvalue weighted by molar-refractivity contribution is 7.18. The van der Waals surface area contributed by atoms with Gasteiger partial charge in [-0.15, -0.1) is 11.3 Å². The molecule has 2 heterocycles. The number of nitrogens with zero attached hydrogens (tertiary/aromatic N) is 2. The summed E-state index contributed by atoms with van der Waals surface area (Å²) in [5, 5.41) is 4.67. The molecule has 2 aromatic heterocycles. The lowest BCUT2D eigenvalue weighted by molar-refractivity contribution is 0.415. The van der Waals surface area contributed by atoms with Crippen LogP contribution in [-0.2, 0) is 12.8 Å². The van der Waals surface area contributed by atoms with Crippen LogP contribution < -0.4 is 10.1 Å². The van der Waals surface area contributed by atoms with Crippen molar-refractivity contribution in [1.82, 2.24) is 9.97 Å². The zero-order chi connectivity index (χ0) is 15.6. The van der Waals surface area contributed by atoms with Gasteiger partial charge in [0.15, 0.2) is 0 Å². The fourth-order valence-corrected chi connectivity index (χ4v) is 4.40. The van der Waals surface area contributed by atoms with E-state index in [-0.39, 0.29) is 0 Å². The first-order valence-corrected chi connectivity index (χ1v) is 8.83. The summed E-state index contributed by atoms with van der Waals surface area (Å²) in [7, 11) is 1.68. The second-order valence-corrected chi connectivity index (χ2v) is 6.90. The lowest BCUT2D eigenvalue weighted by Gasteiger charge is -2.09. The second-order valence-electron chi connectivity index (χ2n) is 5.82. The first kappa shape index (κ1) is 14.5. The van der Waals surface area contributed by atoms with Crippen LogP contribution in [0.4, 0.5) is 11.5 Å². The van der Waals surface area contributed by atoms with E-state index in [1.807, 2.05) is 35.6 Å². The van der Waals surface area contributed by atoms with Gasteiger partial charge in [0.25, 0.3) is 0 Å². The summed E-state index contributed by atoms with van der Waals surface area (Å²) < 4.78 is 5.21. The molecule has 0 amide bonds. The number of thiophene rings is 1. The Morgan fingerprint density at radius 3 is 2.70 bits per heavy atom. The Bertz CT molecular complexity index is 826. The summed E-state index contributed by atoms with van der Waals surface area (Å²) in [6.07, 6.45) is 7.84. The molecular weight excluding hydrogens is 306 g/mol. The number of aryl methyl sites for hydroxylation is 2. The average Bonchev–Trinajstić information content (AvgIpc) is 2.78. The maximum absolute atomic E-state index is 5.21. The Morgan fingerprint density at radius 1 is 1.04 bits per heavy atom. The van der Waals surface area contributed by atoms with Crippen LogP contribution in [0.25, 0.3) is 10.2 Å². The summed E-state index contributed by atoms with van der Waals surface area (Å²) in [5.74, 6) is 1.77. The van der Waals surface area contributed by atoms with Crippen molar-refractivity contribution in [2.75, 3.05) is 12.4 Å². The molecule has 0 bridgehead atoms. The standard InChI is InChI=1S/C18H19N3OS/c1-22-13-9-7-12(8-10-13)21-17-16-14-5-3-2-4-6-15(14)23-18(16)20-11-19-17/h7-11H,2-6H2,1H3,(H,19,20,21). The van der Waals surface area contributed by atoms with Crippen molar-refractivity contribution < 1.29 is 4.74 Å². The number of rotatable bonds is 3. The number of nitrogens with one attached hydrogen (secondary N) is 1. The van der Waals surface area contributed by atoms with E-state index in [2.05, 4.69) is 15.3 Å². The molecule has 118 valence electrons. The molecule has 1 N–H and O–H groups in total. The molecule has 0 spiro atoms. The molecular formula is C18H19N3OS. The molecule has 1 aromatic carbocycles. The van der Waals surface area contributed by atoms with Crippen LogP contribution >= 0.6 is 11.3 Å². The van der Waals surface area contributed by atoms with E-state index in [0.29, 0.717) is 0 Å². The van der Waals surface area contributed by atoms with Gasteiger partial charge in [-0.3, -0.25) is 0 Å². The largest absolute Gasteiger partial charge is 0.497 e. The summed E-state index contributed by atoms with van der Waals surface area (Å²) in [6, 6.07) is 7.93. The smallest absolute Gasteiger partial charge is 0.142 e. The van der Waals surface area contributed by atoms with Gasteiger partial charge in [0.1, 0.15) is 22.7 Å². The van der Waals surface area contributed by atoms with Gasteiger partial charge in [0.2, 0.25) is 0 Å². The molecule has 3 aromatic rings. The lowest BCUT2D eigenvalue weighted by Crippen LogP contribution is -1.97. The summed E-state index contributed by atoms with van der Waals surface area (Å²) in [4.78, 5) is 11.6. The van der Waals surface area contributed by atoms with Gasteiger partial charge in [0, 0.05) is 10.6 Å². The Labute approximate surface area is 139 Å². The SMILES string of the molecule is COc1ccc(Nc2ncnc3sc4c(c23)CCCCC4)cc1. The number of methoxy groups -OCH3 is 1. The molecule has 0 atom stereocenters. The molecule has 0 fully saturated rings. The van der Waals surface area contributed by atoms with Crippen molar-refractivity contribution >= 4 is 33.1 Å². The maximum Gasteiger partial charge on any atom is 0.142 e. The molecule has 23 heavy (non-hydrogen) atoms. The van der Waals surface area contributed by atoms with Gasteiger partial charge in [-0.25, -0.2) is 9.97 Å². The van der Waals surface area contributed by atoms with Gasteiger partial charge in [-0.2, -0.15) is 0 Å². The van der Waals surface area contributed by atoms with Gasteiger partial charge in [0.05, 0.1) is 12.5 Å². The Balaban J connectivity index is 1.75. The molecule has 4 nitrogen and oxygen atoms in total. The van der Waals surface area contributed by atoms with Gasteiger partial charge in [-0.1, -0.05) is 6.42 Å². The van der Waals surface area contributed by atoms with E-state index in [0.717, 1.165) is 28.5 Å². The van der Waals surface area contributed by atoms with Crippen molar-refractivity contribution in [3.63, 3.8) is 0 Å². The van der Waals surface area contributed by atoms with Crippen molar-refractivity contribution in [1.29, 1.82) is 0 Å². The predicted octanol–water partition coefficient (Wildman–Crippen LogP) is 4.71. The molecule has 0 unspecified atom stereocenters. The molecule has 0 saturated carbocycles. The third-order valence-electron chi connectivity index (χ3n) is 4.35. The number of fused-ring (bicyclic) bond motifs is 3. The van der Waals surface area contributed by atoms with Gasteiger partial charge in [-0.05, 0) is 55.5 Å². The molecule has 0 radical (unpaired) electrons. The number of hydrogen-bond donors (Lipinski definition) is 1. The fraction of sp³-hybridized carbons (Fsp3) is 0.333. The Morgan fingerprint density at radius 2 is 1.87 bits per heavy atom. The minimum atomic E-state index is 0.854. The predicted molar refractivity (Wildman–Crippen MR) is 95.0 cm³/mol. The van der Waals surface area contributed by atoms with Crippen LogP contribution in [0.15, 0.2) is 30.6 Å². The summed E-state index contributed by atoms with van der Waals surface area (Å²) in [5.41, 5.74) is 2.47. The van der Waals surface area contributed by atoms with E-state index >= 15 is 0 Å². The third kappa shape index (κ3) is 2.77. The highest BCUT2D eigenvalue weighted by Crippen LogP contribution is 2.38. The maximum atomic E-state index is 5.21. The third-order valence-corrected chi connectivity index (χ3v) is 5.55. The topological polar surface area (TPSA) is 47.0 Å². The van der Waals surface area contributed by atoms with Gasteiger partial charge >= 0.3 is 0 Å². The van der Waals surface area contributed by atoms with Crippen molar-refractivity contribution in [2.45, 2.75) is 32.1 Å². The van der Waals surface area contributed by atoms with Crippen LogP contribution in [0.3, 0.4) is 0 Å². The van der Waals surface area contributed by atoms with E-state index in [4.69, 9.17) is 4.74 Å². The number of benzene rings is 1. The van der Waals surface area contributed by atoms with E-state index in [1.165, 1.54) is 41.5 Å². The summed E-state index contributed by atoms with van der Waals surface area (Å²) >= 11 is 1.83. The van der Waals surface area contributed by atoms with E-state index in [9.17, 15) is 0 Å². The average molecular weight is 325 g/mol. The van der Waals surface area contributed by atoms with E-state index < -0.39 is 0 Å². The molecule has 1 aliphatic carbocycles. The van der Waals surface area contributed by atoms with Crippen molar-refractivity contribution in [2.24, 2.45) is 0 Å². The minimum absolute atomic E-state index is 0.854. The van der Waals surface area contributed by atoms with Crippen LogP contribution in [0.1, 0.15) is 29.7 Å². The minimum Gasteiger partial charge on any atom is -0.497 e. The molecule has 0 aliphatic heterocycles. The second kappa shape index (κ2) is 6.16. The monoisotopic (exact) mass is 325 g/mol. The van der Waals surface area contributed by atoms with E-state index in [1.54, 1.807) is 13.4 Å². The quantitative estimate of drug-likeness (QED) is 0.708. The van der Waals surface area contributed by atoms with Crippen molar-refractivity contribution in [3.05, 3.63) is 41.0 Å². The Kier molecular flexibility index (Phi) is 3.87. The Hall–Kier alpha value is -2.14. The van der Waals surface area contributed by atoms with Crippen LogP contribution in [0.5, 0.6) is 5.75 Å².